The van der Waals surface area contributed by atoms with Gasteiger partial charge < -0.3 is 0 Å². The molecule has 0 fully saturated rings. The van der Waals surface area contributed by atoms with Crippen LogP contribution in [0.2, 0.25) is 0 Å². The first kappa shape index (κ1) is 13.1. The van der Waals surface area contributed by atoms with Gasteiger partial charge in [-0.2, -0.15) is 5.26 Å². The maximum absolute atomic E-state index is 8.85. The summed E-state index contributed by atoms with van der Waals surface area (Å²) in [5, 5.41) is 8.85. The van der Waals surface area contributed by atoms with Gasteiger partial charge in [0.25, 0.3) is 0 Å². The second-order valence-electron chi connectivity index (χ2n) is 3.39. The molecule has 0 amide bonds. The van der Waals surface area contributed by atoms with Crippen molar-refractivity contribution in [3.8, 4) is 6.07 Å². The molecule has 0 aromatic heterocycles. The Hall–Kier alpha value is -0.940. The molecule has 1 unspecified atom stereocenters. The summed E-state index contributed by atoms with van der Waals surface area (Å²) in [6.07, 6.45) is 4.58. The van der Waals surface area contributed by atoms with E-state index in [1.54, 1.807) is 0 Å². The van der Waals surface area contributed by atoms with Gasteiger partial charge in [-0.05, 0) is 26.2 Å². The molecule has 76 valence electrons. The molecule has 1 nitrogen and oxygen atoms in total. The number of nitriles is 1. The lowest BCUT2D eigenvalue weighted by Crippen LogP contribution is -1.93. The summed E-state index contributed by atoms with van der Waals surface area (Å²) in [5.74, 6) is 0.413. The zero-order valence-corrected chi connectivity index (χ0v) is 9.94. The molecule has 0 aliphatic rings. The quantitative estimate of drug-likeness (QED) is 0.322. The minimum absolute atomic E-state index is 0.413. The van der Waals surface area contributed by atoms with Crippen LogP contribution in [-0.2, 0) is 0 Å². The number of nitrogens with zero attached hydrogens (tertiary/aromatic N) is 1. The van der Waals surface area contributed by atoms with Gasteiger partial charge in [0.2, 0.25) is 0 Å². The first-order chi connectivity index (χ1) is 6.52. The summed E-state index contributed by atoms with van der Waals surface area (Å²) in [6.45, 7) is 9.85. The highest BCUT2D eigenvalue weighted by molar-refractivity contribution is 7.84. The Labute approximate surface area is 92.2 Å². The van der Waals surface area contributed by atoms with Crippen LogP contribution in [0.3, 0.4) is 0 Å². The van der Waals surface area contributed by atoms with Crippen molar-refractivity contribution in [1.29, 1.82) is 5.26 Å². The van der Waals surface area contributed by atoms with Crippen molar-refractivity contribution in [1.82, 2.24) is 0 Å². The highest BCUT2D eigenvalue weighted by Gasteiger charge is 2.02. The molecule has 0 radical (unpaired) electrons. The topological polar surface area (TPSA) is 23.8 Å². The fourth-order valence-electron chi connectivity index (χ4n) is 0.859. The number of allylic oxidation sites excluding steroid dienone is 4. The first-order valence-corrected chi connectivity index (χ1v) is 5.09. The van der Waals surface area contributed by atoms with Crippen molar-refractivity contribution in [2.24, 2.45) is 5.92 Å². The monoisotopic (exact) mass is 207 g/mol. The molecule has 0 aliphatic heterocycles. The Kier molecular flexibility index (Phi) is 6.07. The molecule has 2 heteroatoms. The van der Waals surface area contributed by atoms with Crippen LogP contribution in [0, 0.1) is 17.2 Å². The standard InChI is InChI=1S/C12H17NS/c1-5-12(14)11(8-13)7-6-10(4)9(2)3/h5,7,10,14H,2,6H2,1,3-4H3/b11-7-,12-5+. The van der Waals surface area contributed by atoms with E-state index in [1.165, 1.54) is 0 Å². The van der Waals surface area contributed by atoms with E-state index < -0.39 is 0 Å². The summed E-state index contributed by atoms with van der Waals surface area (Å²) in [4.78, 5) is 0.737. The van der Waals surface area contributed by atoms with Gasteiger partial charge in [-0.3, -0.25) is 0 Å². The normalized spacial score (nSPS) is 14.8. The second kappa shape index (κ2) is 6.50. The van der Waals surface area contributed by atoms with Gasteiger partial charge in [0, 0.05) is 4.91 Å². The Morgan fingerprint density at radius 2 is 2.21 bits per heavy atom. The summed E-state index contributed by atoms with van der Waals surface area (Å²) >= 11 is 4.21. The SMILES string of the molecule is C=C(C)C(C)C/C=C(C#N)\C(S)=C/C. The van der Waals surface area contributed by atoms with Crippen molar-refractivity contribution in [2.45, 2.75) is 27.2 Å². The van der Waals surface area contributed by atoms with Gasteiger partial charge in [-0.15, -0.1) is 12.6 Å². The Morgan fingerprint density at radius 3 is 2.57 bits per heavy atom. The number of rotatable bonds is 4. The minimum Gasteiger partial charge on any atom is -0.192 e. The molecular formula is C12H17NS. The molecule has 0 saturated carbocycles. The van der Waals surface area contributed by atoms with Crippen LogP contribution in [0.5, 0.6) is 0 Å². The number of hydrogen-bond donors (Lipinski definition) is 1. The average Bonchev–Trinajstić information content (AvgIpc) is 2.17. The van der Waals surface area contributed by atoms with Crippen molar-refractivity contribution in [3.05, 3.63) is 34.8 Å². The lowest BCUT2D eigenvalue weighted by molar-refractivity contribution is 0.697. The van der Waals surface area contributed by atoms with E-state index in [-0.39, 0.29) is 0 Å². The van der Waals surface area contributed by atoms with Gasteiger partial charge in [-0.25, -0.2) is 0 Å². The Morgan fingerprint density at radius 1 is 1.64 bits per heavy atom. The molecule has 0 saturated heterocycles. The third-order valence-corrected chi connectivity index (χ3v) is 2.69. The zero-order valence-electron chi connectivity index (χ0n) is 9.04. The van der Waals surface area contributed by atoms with Crippen molar-refractivity contribution < 1.29 is 0 Å². The Balaban J connectivity index is 4.51. The van der Waals surface area contributed by atoms with E-state index in [1.807, 2.05) is 26.0 Å². The summed E-state index contributed by atoms with van der Waals surface area (Å²) < 4.78 is 0. The minimum atomic E-state index is 0.413. The summed E-state index contributed by atoms with van der Waals surface area (Å²) in [5.41, 5.74) is 1.78. The van der Waals surface area contributed by atoms with Gasteiger partial charge >= 0.3 is 0 Å². The van der Waals surface area contributed by atoms with Crippen LogP contribution in [0.4, 0.5) is 0 Å². The van der Waals surface area contributed by atoms with Crippen LogP contribution in [0.15, 0.2) is 34.8 Å². The van der Waals surface area contributed by atoms with Gasteiger partial charge in [0.1, 0.15) is 0 Å². The van der Waals surface area contributed by atoms with Crippen LogP contribution in [0.1, 0.15) is 27.2 Å². The molecular weight excluding hydrogens is 190 g/mol. The Bertz CT molecular complexity index is 305. The summed E-state index contributed by atoms with van der Waals surface area (Å²) in [7, 11) is 0. The van der Waals surface area contributed by atoms with E-state index in [0.29, 0.717) is 11.5 Å². The third kappa shape index (κ3) is 4.34. The highest BCUT2D eigenvalue weighted by Crippen LogP contribution is 2.18. The lowest BCUT2D eigenvalue weighted by Gasteiger charge is -2.07. The van der Waals surface area contributed by atoms with Crippen molar-refractivity contribution >= 4 is 12.6 Å². The van der Waals surface area contributed by atoms with Gasteiger partial charge in [0.15, 0.2) is 0 Å². The molecule has 0 aromatic carbocycles. The van der Waals surface area contributed by atoms with E-state index in [4.69, 9.17) is 5.26 Å². The predicted molar refractivity (Wildman–Crippen MR) is 65.0 cm³/mol. The van der Waals surface area contributed by atoms with E-state index in [9.17, 15) is 0 Å². The number of thiol groups is 1. The molecule has 0 heterocycles. The smallest absolute Gasteiger partial charge is 0.0999 e. The third-order valence-electron chi connectivity index (χ3n) is 2.19. The highest BCUT2D eigenvalue weighted by atomic mass is 32.1. The molecule has 0 N–H and O–H groups in total. The molecule has 0 spiro atoms. The predicted octanol–water partition coefficient (Wildman–Crippen LogP) is 3.87. The van der Waals surface area contributed by atoms with Crippen molar-refractivity contribution in [3.63, 3.8) is 0 Å². The molecule has 0 aromatic rings. The lowest BCUT2D eigenvalue weighted by atomic mass is 9.99. The molecule has 0 rings (SSSR count). The van der Waals surface area contributed by atoms with Crippen LogP contribution in [-0.4, -0.2) is 0 Å². The summed E-state index contributed by atoms with van der Waals surface area (Å²) in [6, 6.07) is 2.13. The molecule has 14 heavy (non-hydrogen) atoms. The average molecular weight is 207 g/mol. The molecule has 1 atom stereocenters. The largest absolute Gasteiger partial charge is 0.192 e. The fourth-order valence-corrected chi connectivity index (χ4v) is 1.00. The maximum Gasteiger partial charge on any atom is 0.0999 e. The van der Waals surface area contributed by atoms with Gasteiger partial charge in [-0.1, -0.05) is 31.2 Å². The van der Waals surface area contributed by atoms with Crippen LogP contribution < -0.4 is 0 Å². The zero-order chi connectivity index (χ0) is 11.1. The van der Waals surface area contributed by atoms with Crippen LogP contribution in [0.25, 0.3) is 0 Å². The van der Waals surface area contributed by atoms with Gasteiger partial charge in [0.05, 0.1) is 11.6 Å². The molecule has 0 bridgehead atoms. The van der Waals surface area contributed by atoms with E-state index in [2.05, 4.69) is 32.2 Å². The van der Waals surface area contributed by atoms with Crippen LogP contribution >= 0.6 is 12.6 Å². The van der Waals surface area contributed by atoms with E-state index in [0.717, 1.165) is 16.9 Å². The van der Waals surface area contributed by atoms with Crippen molar-refractivity contribution in [2.75, 3.05) is 0 Å². The molecule has 0 aliphatic carbocycles. The van der Waals surface area contributed by atoms with E-state index >= 15 is 0 Å². The fraction of sp³-hybridized carbons (Fsp3) is 0.417. The number of hydrogen-bond acceptors (Lipinski definition) is 2. The maximum atomic E-state index is 8.85. The first-order valence-electron chi connectivity index (χ1n) is 4.64. The second-order valence-corrected chi connectivity index (χ2v) is 3.87.